The molecule has 2 fully saturated rings. The molecular weight excluding hydrogens is 748 g/mol. The Morgan fingerprint density at radius 3 is 1.71 bits per heavy atom. The van der Waals surface area contributed by atoms with Gasteiger partial charge in [0.2, 0.25) is 0 Å². The maximum absolute atomic E-state index is 13.6. The monoisotopic (exact) mass is 796 g/mol. The summed E-state index contributed by atoms with van der Waals surface area (Å²) in [6.07, 6.45) is -1.21. The zero-order valence-corrected chi connectivity index (χ0v) is 31.7. The van der Waals surface area contributed by atoms with Crippen LogP contribution < -0.4 is 14.2 Å². The van der Waals surface area contributed by atoms with E-state index in [0.29, 0.717) is 32.6 Å². The first-order valence-corrected chi connectivity index (χ1v) is 18.3. The molecule has 0 aromatic heterocycles. The molecule has 1 N–H and O–H groups in total. The molecule has 0 aliphatic carbocycles. The largest absolute Gasteiger partial charge is 0.489 e. The molecule has 4 aromatic carbocycles. The molecule has 0 amide bonds. The van der Waals surface area contributed by atoms with Gasteiger partial charge in [0.15, 0.2) is 23.1 Å². The van der Waals surface area contributed by atoms with Crippen LogP contribution in [0.25, 0.3) is 0 Å². The summed E-state index contributed by atoms with van der Waals surface area (Å²) >= 11 is 0. The highest BCUT2D eigenvalue weighted by atomic mass is 19.4. The second-order valence-corrected chi connectivity index (χ2v) is 14.5. The fourth-order valence-corrected chi connectivity index (χ4v) is 6.47. The zero-order chi connectivity index (χ0) is 40.9. The summed E-state index contributed by atoms with van der Waals surface area (Å²) in [6, 6.07) is 17.5. The van der Waals surface area contributed by atoms with E-state index in [1.165, 1.54) is 24.3 Å². The summed E-state index contributed by atoms with van der Waals surface area (Å²) in [5.74, 6) is -2.51. The highest BCUT2D eigenvalue weighted by Gasteiger charge is 2.35. The Balaban J connectivity index is 0.000000219. The maximum Gasteiger partial charge on any atom is 0.416 e. The van der Waals surface area contributed by atoms with Crippen molar-refractivity contribution in [1.29, 1.82) is 0 Å². The summed E-state index contributed by atoms with van der Waals surface area (Å²) in [5.41, 5.74) is -1.11. The number of halogens is 8. The Kier molecular flexibility index (Phi) is 15.9. The number of rotatable bonds is 10. The molecule has 4 aromatic rings. The minimum absolute atomic E-state index is 0.0660. The van der Waals surface area contributed by atoms with Gasteiger partial charge in [0.25, 0.3) is 0 Å². The first-order chi connectivity index (χ1) is 26.4. The lowest BCUT2D eigenvalue weighted by atomic mass is 9.94. The average Bonchev–Trinajstić information content (AvgIpc) is 3.11. The number of β-amino-alcohol motifs (C(OH)–C–C–N with tert-alkyl or cyclic N) is 1. The van der Waals surface area contributed by atoms with Crippen LogP contribution in [-0.4, -0.2) is 78.6 Å². The second-order valence-electron chi connectivity index (χ2n) is 14.5. The number of benzene rings is 4. The predicted octanol–water partition coefficient (Wildman–Crippen LogP) is 9.62. The van der Waals surface area contributed by atoms with Crippen LogP contribution in [0.2, 0.25) is 0 Å². The molecule has 6 rings (SSSR count). The van der Waals surface area contributed by atoms with E-state index in [0.717, 1.165) is 86.4 Å². The summed E-state index contributed by atoms with van der Waals surface area (Å²) in [5, 5.41) is 9.95. The van der Waals surface area contributed by atoms with Crippen molar-refractivity contribution in [2.24, 2.45) is 0 Å². The Labute approximate surface area is 322 Å². The number of nitrogens with zero attached hydrogens (tertiary/aromatic N) is 2. The smallest absolute Gasteiger partial charge is 0.416 e. The fraction of sp³-hybridized carbons (Fsp3) is 0.429. The number of alkyl halides is 3. The van der Waals surface area contributed by atoms with Gasteiger partial charge in [0.05, 0.1) is 11.2 Å². The SMILES string of the molecule is CC1(O)CCCN(CCOc2cc(F)ccc2F)C1.CC1(Oc2cccc(C(F)(F)F)c2)CCCN(CCOc2cc(F)ccc2F)C1.Cc1cccc(F)c1. The van der Waals surface area contributed by atoms with Crippen LogP contribution in [-0.2, 0) is 6.18 Å². The Hall–Kier alpha value is -4.40. The van der Waals surface area contributed by atoms with Gasteiger partial charge >= 0.3 is 6.18 Å². The van der Waals surface area contributed by atoms with Gasteiger partial charge in [-0.2, -0.15) is 13.2 Å². The molecule has 6 nitrogen and oxygen atoms in total. The number of hydrogen-bond acceptors (Lipinski definition) is 6. The first-order valence-electron chi connectivity index (χ1n) is 18.3. The molecule has 0 saturated carbocycles. The lowest BCUT2D eigenvalue weighted by Crippen LogP contribution is -2.50. The topological polar surface area (TPSA) is 54.4 Å². The van der Waals surface area contributed by atoms with Crippen LogP contribution in [0.15, 0.2) is 84.9 Å². The lowest BCUT2D eigenvalue weighted by molar-refractivity contribution is -0.137. The van der Waals surface area contributed by atoms with Crippen LogP contribution >= 0.6 is 0 Å². The van der Waals surface area contributed by atoms with Gasteiger partial charge in [-0.25, -0.2) is 22.0 Å². The van der Waals surface area contributed by atoms with E-state index in [1.54, 1.807) is 6.07 Å². The molecule has 2 atom stereocenters. The minimum Gasteiger partial charge on any atom is -0.489 e. The van der Waals surface area contributed by atoms with E-state index in [9.17, 15) is 40.2 Å². The Bertz CT molecular complexity index is 1830. The van der Waals surface area contributed by atoms with Gasteiger partial charge in [0, 0.05) is 38.3 Å². The molecule has 2 aliphatic heterocycles. The third-order valence-electron chi connectivity index (χ3n) is 9.11. The number of piperidine rings is 2. The molecule has 0 radical (unpaired) electrons. The number of aliphatic hydroxyl groups is 1. The molecule has 56 heavy (non-hydrogen) atoms. The normalized spacial score (nSPS) is 20.2. The van der Waals surface area contributed by atoms with Crippen molar-refractivity contribution in [3.05, 3.63) is 125 Å². The number of hydrogen-bond donors (Lipinski definition) is 1. The summed E-state index contributed by atoms with van der Waals surface area (Å²) in [7, 11) is 0. The molecule has 306 valence electrons. The van der Waals surface area contributed by atoms with Gasteiger partial charge in [0.1, 0.15) is 42.0 Å². The van der Waals surface area contributed by atoms with Crippen molar-refractivity contribution in [2.45, 2.75) is 63.8 Å². The van der Waals surface area contributed by atoms with Gasteiger partial charge in [-0.3, -0.25) is 9.80 Å². The van der Waals surface area contributed by atoms with Gasteiger partial charge in [-0.15, -0.1) is 0 Å². The van der Waals surface area contributed by atoms with Crippen molar-refractivity contribution in [1.82, 2.24) is 9.80 Å². The Morgan fingerprint density at radius 1 is 0.661 bits per heavy atom. The van der Waals surface area contributed by atoms with Crippen LogP contribution in [0.1, 0.15) is 50.7 Å². The quantitative estimate of drug-likeness (QED) is 0.162. The zero-order valence-electron chi connectivity index (χ0n) is 31.7. The third-order valence-corrected chi connectivity index (χ3v) is 9.11. The predicted molar refractivity (Wildman–Crippen MR) is 197 cm³/mol. The number of ether oxygens (including phenoxy) is 3. The molecule has 0 spiro atoms. The molecule has 2 aliphatic rings. The van der Waals surface area contributed by atoms with E-state index >= 15 is 0 Å². The van der Waals surface area contributed by atoms with Crippen molar-refractivity contribution in [3.63, 3.8) is 0 Å². The fourth-order valence-electron chi connectivity index (χ4n) is 6.47. The molecule has 2 saturated heterocycles. The number of likely N-dealkylation sites (tertiary alicyclic amines) is 2. The van der Waals surface area contributed by atoms with Crippen LogP contribution in [0, 0.1) is 36.0 Å². The lowest BCUT2D eigenvalue weighted by Gasteiger charge is -2.40. The molecular formula is C42H48F8N2O4. The van der Waals surface area contributed by atoms with Crippen LogP contribution in [0.5, 0.6) is 17.2 Å². The van der Waals surface area contributed by atoms with Gasteiger partial charge in [-0.1, -0.05) is 18.2 Å². The van der Waals surface area contributed by atoms with Gasteiger partial charge < -0.3 is 19.3 Å². The minimum atomic E-state index is -4.43. The molecule has 14 heteroatoms. The highest BCUT2D eigenvalue weighted by molar-refractivity contribution is 5.31. The van der Waals surface area contributed by atoms with Crippen molar-refractivity contribution >= 4 is 0 Å². The summed E-state index contributed by atoms with van der Waals surface area (Å²) in [6.45, 7) is 9.73. The van der Waals surface area contributed by atoms with Crippen molar-refractivity contribution < 1.29 is 54.4 Å². The average molecular weight is 797 g/mol. The Morgan fingerprint density at radius 2 is 1.20 bits per heavy atom. The molecule has 0 bridgehead atoms. The van der Waals surface area contributed by atoms with E-state index in [4.69, 9.17) is 14.2 Å². The second kappa shape index (κ2) is 20.1. The van der Waals surface area contributed by atoms with Crippen molar-refractivity contribution in [3.8, 4) is 17.2 Å². The highest BCUT2D eigenvalue weighted by Crippen LogP contribution is 2.34. The van der Waals surface area contributed by atoms with Crippen LogP contribution in [0.4, 0.5) is 35.1 Å². The molecule has 2 unspecified atom stereocenters. The van der Waals surface area contributed by atoms with E-state index in [2.05, 4.69) is 4.90 Å². The number of aryl methyl sites for hydroxylation is 1. The van der Waals surface area contributed by atoms with Crippen LogP contribution in [0.3, 0.4) is 0 Å². The van der Waals surface area contributed by atoms with E-state index < -0.39 is 46.2 Å². The van der Waals surface area contributed by atoms with Crippen molar-refractivity contribution in [2.75, 3.05) is 52.5 Å². The molecule has 2 heterocycles. The third kappa shape index (κ3) is 14.9. The summed E-state index contributed by atoms with van der Waals surface area (Å²) in [4.78, 5) is 4.11. The standard InChI is InChI=1S/C21H22F5NO2.C14H19F2NO2.C7H7F/c1-20(29-17-5-2-4-15(12-17)21(24,25)26)8-3-9-27(14-20)10-11-28-19-13-16(22)6-7-18(19)23;1-14(18)5-2-6-17(10-14)7-8-19-13-9-11(15)3-4-12(13)16;1-6-3-2-4-7(8)5-6/h2,4-7,12-13H,3,8-11,14H2,1H3;3-4,9,18H,2,5-8,10H2,1H3;2-5H,1H3. The summed E-state index contributed by atoms with van der Waals surface area (Å²) < 4.78 is 120. The van der Waals surface area contributed by atoms with E-state index in [1.807, 2.05) is 31.7 Å². The maximum atomic E-state index is 13.6. The van der Waals surface area contributed by atoms with Gasteiger partial charge in [-0.05, 0) is 120 Å². The first kappa shape index (κ1) is 44.3. The van der Waals surface area contributed by atoms with E-state index in [-0.39, 0.29) is 36.3 Å².